The summed E-state index contributed by atoms with van der Waals surface area (Å²) in [4.78, 5) is 8.25. The van der Waals surface area contributed by atoms with Gasteiger partial charge in [0.25, 0.3) is 0 Å². The molecule has 12 heteroatoms. The second-order valence-corrected chi connectivity index (χ2v) is 14.8. The highest BCUT2D eigenvalue weighted by molar-refractivity contribution is 6.27. The van der Waals surface area contributed by atoms with Crippen molar-refractivity contribution in [2.45, 2.75) is 0 Å². The predicted octanol–water partition coefficient (Wildman–Crippen LogP) is 9.14. The molecule has 320 valence electrons. The molecule has 0 aliphatic rings. The molecular formula is C50H54BFN4O6. The van der Waals surface area contributed by atoms with Crippen LogP contribution in [0, 0.1) is 0 Å². The molecule has 2 N–H and O–H groups in total. The van der Waals surface area contributed by atoms with Crippen molar-refractivity contribution in [1.82, 2.24) is 0 Å². The zero-order valence-electron chi connectivity index (χ0n) is 36.4. The summed E-state index contributed by atoms with van der Waals surface area (Å²) in [5, 5.41) is 36.5. The number of hydrogen-bond donors (Lipinski definition) is 2. The summed E-state index contributed by atoms with van der Waals surface area (Å²) in [7, 11) is 13.0. The Morgan fingerprint density at radius 1 is 0.387 bits per heavy atom. The van der Waals surface area contributed by atoms with Gasteiger partial charge < -0.3 is 44.2 Å². The first-order chi connectivity index (χ1) is 29.5. The summed E-state index contributed by atoms with van der Waals surface area (Å²) in [6, 6.07) is 40.0. The minimum atomic E-state index is -3.17. The Bertz CT molecular complexity index is 2080. The standard InChI is InChI=1S/2C25H26N2O2.BFO2/c2*1-26(2)22-12-7-19(8-13-22)5-6-21-17-24(29-25(28)18-21)16-11-20-9-14-23(15-10-20)27(3)4;2-1(3)4/h2*5-18H,1-4H3;/q;;-2/p+2/b2*6-5+,16-11+;. The molecule has 0 fully saturated rings. The fourth-order valence-electron chi connectivity index (χ4n) is 5.69. The van der Waals surface area contributed by atoms with Crippen molar-refractivity contribution in [3.8, 4) is 11.9 Å². The van der Waals surface area contributed by atoms with Gasteiger partial charge in [-0.2, -0.15) is 0 Å². The van der Waals surface area contributed by atoms with Gasteiger partial charge in [0.05, 0.1) is 12.1 Å². The van der Waals surface area contributed by atoms with Crippen LogP contribution in [-0.4, -0.2) is 74.0 Å². The quantitative estimate of drug-likeness (QED) is 0.0912. The van der Waals surface area contributed by atoms with Crippen molar-refractivity contribution in [1.29, 1.82) is 0 Å². The van der Waals surface area contributed by atoms with Crippen LogP contribution < -0.4 is 29.6 Å². The third-order valence-electron chi connectivity index (χ3n) is 9.10. The molecule has 0 amide bonds. The van der Waals surface area contributed by atoms with E-state index in [4.69, 9.17) is 18.9 Å². The van der Waals surface area contributed by atoms with E-state index in [1.807, 2.05) is 141 Å². The molecule has 0 aliphatic carbocycles. The van der Waals surface area contributed by atoms with Crippen molar-refractivity contribution in [3.05, 3.63) is 166 Å². The third kappa shape index (κ3) is 16.5. The Hall–Kier alpha value is -7.15. The molecule has 0 radical (unpaired) electrons. The molecule has 0 unspecified atom stereocenters. The molecule has 4 aromatic carbocycles. The highest BCUT2D eigenvalue weighted by Crippen LogP contribution is 2.24. The van der Waals surface area contributed by atoms with Gasteiger partial charge in [0.2, 0.25) is 11.5 Å². The summed E-state index contributed by atoms with van der Waals surface area (Å²) >= 11 is 0. The molecule has 2 heterocycles. The van der Waals surface area contributed by atoms with Crippen LogP contribution in [-0.2, 0) is 0 Å². The first-order valence-corrected chi connectivity index (χ1v) is 19.7. The number of rotatable bonds is 12. The molecule has 0 saturated carbocycles. The lowest BCUT2D eigenvalue weighted by Gasteiger charge is -2.11. The second-order valence-electron chi connectivity index (χ2n) is 14.8. The summed E-state index contributed by atoms with van der Waals surface area (Å²) in [5.41, 5.74) is 10.7. The third-order valence-corrected chi connectivity index (χ3v) is 9.10. The van der Waals surface area contributed by atoms with Gasteiger partial charge in [0.1, 0.15) is 7.40 Å². The van der Waals surface area contributed by atoms with E-state index < -0.39 is 7.40 Å². The van der Waals surface area contributed by atoms with Crippen molar-refractivity contribution >= 4 is 78.8 Å². The van der Waals surface area contributed by atoms with Crippen LogP contribution in [0.5, 0.6) is 11.9 Å². The van der Waals surface area contributed by atoms with E-state index in [9.17, 15) is 14.5 Å². The van der Waals surface area contributed by atoms with E-state index in [0.717, 1.165) is 56.1 Å². The topological polar surface area (TPSA) is 122 Å². The average Bonchev–Trinajstić information content (AvgIpc) is 3.24. The monoisotopic (exact) mass is 836 g/mol. The van der Waals surface area contributed by atoms with Crippen molar-refractivity contribution in [3.63, 3.8) is 0 Å². The van der Waals surface area contributed by atoms with Gasteiger partial charge in [0.15, 0.2) is 0 Å². The molecule has 0 aliphatic heterocycles. The maximum atomic E-state index is 9.94. The Kier molecular flexibility index (Phi) is 18.1. The Morgan fingerprint density at radius 3 is 0.823 bits per heavy atom. The number of benzene rings is 4. The lowest BCUT2D eigenvalue weighted by atomic mass is 10.1. The van der Waals surface area contributed by atoms with Crippen LogP contribution in [0.4, 0.5) is 27.1 Å². The fraction of sp³-hybridized carbons (Fsp3) is 0.160. The van der Waals surface area contributed by atoms with E-state index in [1.54, 1.807) is 12.1 Å². The summed E-state index contributed by atoms with van der Waals surface area (Å²) in [6.07, 6.45) is 15.6. The number of aromatic hydroxyl groups is 2. The first-order valence-electron chi connectivity index (χ1n) is 19.7. The van der Waals surface area contributed by atoms with E-state index >= 15 is 0 Å². The highest BCUT2D eigenvalue weighted by atomic mass is 19.1. The van der Waals surface area contributed by atoms with Crippen LogP contribution in [0.15, 0.2) is 130 Å². The van der Waals surface area contributed by atoms with E-state index in [-0.39, 0.29) is 11.9 Å². The minimum absolute atomic E-state index is 0.113. The van der Waals surface area contributed by atoms with Gasteiger partial charge in [-0.1, -0.05) is 72.8 Å². The number of nitrogens with zero attached hydrogens (tertiary/aromatic N) is 4. The Morgan fingerprint density at radius 2 is 0.597 bits per heavy atom. The van der Waals surface area contributed by atoms with Crippen LogP contribution in [0.1, 0.15) is 44.9 Å². The molecule has 0 atom stereocenters. The summed E-state index contributed by atoms with van der Waals surface area (Å²) < 4.78 is 20.7. The average molecular weight is 837 g/mol. The van der Waals surface area contributed by atoms with E-state index in [0.29, 0.717) is 11.5 Å². The molecule has 0 saturated heterocycles. The minimum Gasteiger partial charge on any atom is -0.867 e. The van der Waals surface area contributed by atoms with Crippen LogP contribution in [0.25, 0.3) is 48.6 Å². The molecule has 2 aromatic heterocycles. The number of halogens is 1. The Balaban J connectivity index is 0.000000251. The Labute approximate surface area is 365 Å². The van der Waals surface area contributed by atoms with Crippen LogP contribution in [0.2, 0.25) is 0 Å². The molecule has 0 spiro atoms. The van der Waals surface area contributed by atoms with Crippen molar-refractivity contribution < 1.29 is 33.4 Å². The fourth-order valence-corrected chi connectivity index (χ4v) is 5.69. The molecule has 0 bridgehead atoms. The van der Waals surface area contributed by atoms with Gasteiger partial charge in [-0.15, -0.1) is 0 Å². The molecule has 10 nitrogen and oxygen atoms in total. The lowest BCUT2D eigenvalue weighted by molar-refractivity contribution is -0.366. The van der Waals surface area contributed by atoms with Gasteiger partial charge in [0, 0.05) is 103 Å². The zero-order valence-corrected chi connectivity index (χ0v) is 36.4. The largest absolute Gasteiger partial charge is 0.867 e. The van der Waals surface area contributed by atoms with Gasteiger partial charge in [-0.05, 0) is 94.1 Å². The number of anilines is 4. The maximum absolute atomic E-state index is 9.94. The van der Waals surface area contributed by atoms with Crippen molar-refractivity contribution in [2.75, 3.05) is 76.0 Å². The van der Waals surface area contributed by atoms with Crippen molar-refractivity contribution in [2.24, 2.45) is 0 Å². The highest BCUT2D eigenvalue weighted by Gasteiger charge is 2.09. The molecule has 62 heavy (non-hydrogen) atoms. The summed E-state index contributed by atoms with van der Waals surface area (Å²) in [6.45, 7) is 0. The van der Waals surface area contributed by atoms with E-state index in [1.165, 1.54) is 0 Å². The summed E-state index contributed by atoms with van der Waals surface area (Å²) in [5.74, 6) is 0.948. The molecule has 6 rings (SSSR count). The predicted molar refractivity (Wildman–Crippen MR) is 255 cm³/mol. The SMILES string of the molecule is CN(C)c1ccc(/C=C/c2cc(O)[o+]c(/C=C/c3ccc(N(C)C)cc3)c2)cc1.CN(C)c1ccc(/C=C/c2cc(O)[o+]c(/C=C/c3ccc(N(C)C)cc3)c2)cc1.[O-]B([O-])F. The molecule has 6 aromatic rings. The van der Waals surface area contributed by atoms with E-state index in [2.05, 4.69) is 92.4 Å². The normalized spacial score (nSPS) is 11.0. The lowest BCUT2D eigenvalue weighted by Crippen LogP contribution is -2.39. The van der Waals surface area contributed by atoms with Gasteiger partial charge >= 0.3 is 11.9 Å². The number of hydrogen-bond acceptors (Lipinski definition) is 8. The first kappa shape index (κ1) is 47.5. The van der Waals surface area contributed by atoms with Gasteiger partial charge in [-0.3, -0.25) is 8.83 Å². The van der Waals surface area contributed by atoms with Crippen LogP contribution in [0.3, 0.4) is 0 Å². The van der Waals surface area contributed by atoms with Crippen LogP contribution >= 0.6 is 0 Å². The molecular weight excluding hydrogens is 782 g/mol. The zero-order chi connectivity index (χ0) is 45.2. The smallest absolute Gasteiger partial charge is 0.516 e. The maximum Gasteiger partial charge on any atom is 0.516 e. The van der Waals surface area contributed by atoms with Gasteiger partial charge in [-0.25, -0.2) is 0 Å². The second kappa shape index (κ2) is 23.6.